The smallest absolute Gasteiger partial charge is 0.379 e. The van der Waals surface area contributed by atoms with Gasteiger partial charge in [-0.15, -0.1) is 0 Å². The number of carbonyl (C=O) groups excluding carboxylic acids is 2. The van der Waals surface area contributed by atoms with E-state index >= 15 is 0 Å². The summed E-state index contributed by atoms with van der Waals surface area (Å²) in [5.41, 5.74) is 1.49. The quantitative estimate of drug-likeness (QED) is 0.415. The third-order valence-electron chi connectivity index (χ3n) is 4.08. The Kier molecular flexibility index (Phi) is 6.44. The van der Waals surface area contributed by atoms with Crippen LogP contribution in [0, 0.1) is 6.92 Å². The van der Waals surface area contributed by atoms with E-state index in [-0.39, 0.29) is 23.3 Å². The third kappa shape index (κ3) is 4.25. The third-order valence-corrected chi connectivity index (χ3v) is 4.08. The van der Waals surface area contributed by atoms with Crippen molar-refractivity contribution < 1.29 is 27.8 Å². The van der Waals surface area contributed by atoms with E-state index in [2.05, 4.69) is 4.74 Å². The monoisotopic (exact) mass is 362 g/mol. The van der Waals surface area contributed by atoms with Gasteiger partial charge in [-0.1, -0.05) is 37.3 Å². The Morgan fingerprint density at radius 1 is 1.15 bits per heavy atom. The highest BCUT2D eigenvalue weighted by Crippen LogP contribution is 2.28. The zero-order valence-electron chi connectivity index (χ0n) is 14.8. The number of rotatable bonds is 7. The molecule has 0 spiro atoms. The molecule has 0 unspecified atom stereocenters. The number of aryl methyl sites for hydroxylation is 2. The first-order chi connectivity index (χ1) is 12.4. The molecular formula is C20H20F2O4. The predicted molar refractivity (Wildman–Crippen MR) is 92.6 cm³/mol. The molecule has 0 aliphatic carbocycles. The van der Waals surface area contributed by atoms with Crippen LogP contribution in [-0.4, -0.2) is 18.9 Å². The lowest BCUT2D eigenvalue weighted by molar-refractivity contribution is -0.135. The molecule has 0 N–H and O–H groups in total. The summed E-state index contributed by atoms with van der Waals surface area (Å²) in [5, 5.41) is 0. The van der Waals surface area contributed by atoms with Gasteiger partial charge in [-0.2, -0.15) is 0 Å². The second-order valence-corrected chi connectivity index (χ2v) is 5.74. The summed E-state index contributed by atoms with van der Waals surface area (Å²) in [4.78, 5) is 23.7. The van der Waals surface area contributed by atoms with Crippen molar-refractivity contribution >= 4 is 11.8 Å². The van der Waals surface area contributed by atoms with Crippen molar-refractivity contribution in [2.75, 3.05) is 7.11 Å². The van der Waals surface area contributed by atoms with Crippen LogP contribution in [0.15, 0.2) is 36.4 Å². The Hall–Kier alpha value is -2.76. The molecule has 0 saturated heterocycles. The highest BCUT2D eigenvalue weighted by molar-refractivity contribution is 6.41. The number of carbonyl (C=O) groups is 2. The molecule has 0 amide bonds. The SMILES string of the molecule is CCc1ccc(OCc2c(C(=O)C(=O)OC)cccc2C(F)F)c(C)c1. The van der Waals surface area contributed by atoms with Gasteiger partial charge in [0.15, 0.2) is 0 Å². The Morgan fingerprint density at radius 3 is 2.46 bits per heavy atom. The maximum absolute atomic E-state index is 13.4. The Bertz CT molecular complexity index is 815. The Balaban J connectivity index is 2.37. The maximum Gasteiger partial charge on any atom is 0.379 e. The van der Waals surface area contributed by atoms with Gasteiger partial charge in [-0.25, -0.2) is 13.6 Å². The molecule has 4 nitrogen and oxygen atoms in total. The van der Waals surface area contributed by atoms with E-state index in [0.29, 0.717) is 5.75 Å². The van der Waals surface area contributed by atoms with E-state index in [4.69, 9.17) is 4.74 Å². The number of ether oxygens (including phenoxy) is 2. The summed E-state index contributed by atoms with van der Waals surface area (Å²) in [6.45, 7) is 3.62. The molecular weight excluding hydrogens is 342 g/mol. The van der Waals surface area contributed by atoms with Gasteiger partial charge in [0.2, 0.25) is 0 Å². The highest BCUT2D eigenvalue weighted by Gasteiger charge is 2.25. The molecule has 0 heterocycles. The Morgan fingerprint density at radius 2 is 1.88 bits per heavy atom. The van der Waals surface area contributed by atoms with E-state index < -0.39 is 18.2 Å². The molecule has 138 valence electrons. The molecule has 0 radical (unpaired) electrons. The fourth-order valence-electron chi connectivity index (χ4n) is 2.63. The lowest BCUT2D eigenvalue weighted by Crippen LogP contribution is -2.19. The van der Waals surface area contributed by atoms with Crippen molar-refractivity contribution in [2.45, 2.75) is 33.3 Å². The summed E-state index contributed by atoms with van der Waals surface area (Å²) in [6.07, 6.45) is -1.94. The minimum atomic E-state index is -2.80. The summed E-state index contributed by atoms with van der Waals surface area (Å²) >= 11 is 0. The fourth-order valence-corrected chi connectivity index (χ4v) is 2.63. The van der Waals surface area contributed by atoms with Gasteiger partial charge in [0.25, 0.3) is 12.2 Å². The van der Waals surface area contributed by atoms with Crippen LogP contribution in [0.4, 0.5) is 8.78 Å². The van der Waals surface area contributed by atoms with Crippen molar-refractivity contribution in [1.82, 2.24) is 0 Å². The molecule has 26 heavy (non-hydrogen) atoms. The van der Waals surface area contributed by atoms with E-state index in [1.165, 1.54) is 18.2 Å². The zero-order chi connectivity index (χ0) is 19.3. The first kappa shape index (κ1) is 19.6. The van der Waals surface area contributed by atoms with Gasteiger partial charge in [-0.05, 0) is 30.5 Å². The number of esters is 1. The minimum Gasteiger partial charge on any atom is -0.489 e. The van der Waals surface area contributed by atoms with Gasteiger partial charge < -0.3 is 9.47 Å². The fraction of sp³-hybridized carbons (Fsp3) is 0.300. The van der Waals surface area contributed by atoms with Crippen molar-refractivity contribution in [1.29, 1.82) is 0 Å². The normalized spacial score (nSPS) is 10.7. The molecule has 6 heteroatoms. The lowest BCUT2D eigenvalue weighted by Gasteiger charge is -2.16. The van der Waals surface area contributed by atoms with Crippen LogP contribution in [0.25, 0.3) is 0 Å². The summed E-state index contributed by atoms with van der Waals surface area (Å²) in [7, 11) is 1.06. The molecule has 0 aliphatic rings. The number of halogens is 2. The van der Waals surface area contributed by atoms with E-state index in [0.717, 1.165) is 24.7 Å². The first-order valence-electron chi connectivity index (χ1n) is 8.13. The van der Waals surface area contributed by atoms with Crippen molar-refractivity contribution in [2.24, 2.45) is 0 Å². The molecule has 2 rings (SSSR count). The standard InChI is InChI=1S/C20H20F2O4/c1-4-13-8-9-17(12(2)10-13)26-11-16-14(18(23)20(24)25-3)6-5-7-15(16)19(21)22/h5-10,19H,4,11H2,1-3H3. The number of hydrogen-bond donors (Lipinski definition) is 0. The molecule has 0 bridgehead atoms. The topological polar surface area (TPSA) is 52.6 Å². The molecule has 0 fully saturated rings. The summed E-state index contributed by atoms with van der Waals surface area (Å²) < 4.78 is 36.8. The molecule has 2 aromatic rings. The van der Waals surface area contributed by atoms with Gasteiger partial charge in [-0.3, -0.25) is 4.79 Å². The van der Waals surface area contributed by atoms with Crippen LogP contribution in [0.2, 0.25) is 0 Å². The Labute approximate surface area is 150 Å². The van der Waals surface area contributed by atoms with Crippen LogP contribution in [0.5, 0.6) is 5.75 Å². The van der Waals surface area contributed by atoms with E-state index in [1.807, 2.05) is 26.0 Å². The molecule has 0 atom stereocenters. The zero-order valence-corrected chi connectivity index (χ0v) is 14.8. The summed E-state index contributed by atoms with van der Waals surface area (Å²) in [5.74, 6) is -1.56. The van der Waals surface area contributed by atoms with Gasteiger partial charge in [0.1, 0.15) is 12.4 Å². The van der Waals surface area contributed by atoms with Crippen LogP contribution in [0.3, 0.4) is 0 Å². The maximum atomic E-state index is 13.4. The molecule has 0 aromatic heterocycles. The average Bonchev–Trinajstić information content (AvgIpc) is 2.65. The van der Waals surface area contributed by atoms with Crippen molar-refractivity contribution in [3.05, 3.63) is 64.2 Å². The predicted octanol–water partition coefficient (Wildman–Crippen LogP) is 4.43. The second-order valence-electron chi connectivity index (χ2n) is 5.74. The number of alkyl halides is 2. The number of ketones is 1. The lowest BCUT2D eigenvalue weighted by atomic mass is 9.98. The number of hydrogen-bond acceptors (Lipinski definition) is 4. The van der Waals surface area contributed by atoms with Crippen molar-refractivity contribution in [3.8, 4) is 5.75 Å². The number of methoxy groups -OCH3 is 1. The van der Waals surface area contributed by atoms with E-state index in [9.17, 15) is 18.4 Å². The van der Waals surface area contributed by atoms with E-state index in [1.54, 1.807) is 6.07 Å². The molecule has 0 saturated carbocycles. The highest BCUT2D eigenvalue weighted by atomic mass is 19.3. The van der Waals surface area contributed by atoms with Crippen LogP contribution in [0.1, 0.15) is 46.0 Å². The summed E-state index contributed by atoms with van der Waals surface area (Å²) in [6, 6.07) is 9.45. The van der Waals surface area contributed by atoms with Gasteiger partial charge >= 0.3 is 5.97 Å². The first-order valence-corrected chi connectivity index (χ1v) is 8.13. The molecule has 0 aliphatic heterocycles. The molecule has 2 aromatic carbocycles. The minimum absolute atomic E-state index is 0.0168. The number of Topliss-reactive ketones (excluding diaryl/α,β-unsaturated/α-hetero) is 1. The number of benzene rings is 2. The second kappa shape index (κ2) is 8.56. The van der Waals surface area contributed by atoms with Crippen molar-refractivity contribution in [3.63, 3.8) is 0 Å². The van der Waals surface area contributed by atoms with Gasteiger partial charge in [0, 0.05) is 16.7 Å². The van der Waals surface area contributed by atoms with Crippen LogP contribution in [-0.2, 0) is 22.6 Å². The van der Waals surface area contributed by atoms with Crippen LogP contribution >= 0.6 is 0 Å². The largest absolute Gasteiger partial charge is 0.489 e. The average molecular weight is 362 g/mol. The van der Waals surface area contributed by atoms with Crippen LogP contribution < -0.4 is 4.74 Å². The van der Waals surface area contributed by atoms with Gasteiger partial charge in [0.05, 0.1) is 7.11 Å².